The third-order valence-corrected chi connectivity index (χ3v) is 3.49. The molecule has 0 aliphatic carbocycles. The fraction of sp³-hybridized carbons (Fsp3) is 0.176. The second-order valence-electron chi connectivity index (χ2n) is 4.71. The summed E-state index contributed by atoms with van der Waals surface area (Å²) in [7, 11) is 0. The molecule has 0 saturated heterocycles. The van der Waals surface area contributed by atoms with Crippen LogP contribution >= 0.6 is 12.2 Å². The Kier molecular flexibility index (Phi) is 5.06. The highest BCUT2D eigenvalue weighted by Gasteiger charge is 2.13. The fourth-order valence-electron chi connectivity index (χ4n) is 1.99. The van der Waals surface area contributed by atoms with Crippen molar-refractivity contribution in [2.45, 2.75) is 13.8 Å². The number of para-hydroxylation sites is 1. The number of carbonyl (C=O) groups is 1. The van der Waals surface area contributed by atoms with Gasteiger partial charge < -0.3 is 4.90 Å². The van der Waals surface area contributed by atoms with Gasteiger partial charge in [0.25, 0.3) is 5.91 Å². The van der Waals surface area contributed by atoms with Crippen LogP contribution in [-0.4, -0.2) is 17.6 Å². The Morgan fingerprint density at radius 3 is 2.29 bits per heavy atom. The molecule has 2 rings (SSSR count). The normalized spacial score (nSPS) is 10.0. The molecule has 1 amide bonds. The number of amides is 1. The summed E-state index contributed by atoms with van der Waals surface area (Å²) in [6, 6.07) is 17.2. The Hall–Kier alpha value is -2.20. The Balaban J connectivity index is 2.09. The van der Waals surface area contributed by atoms with Crippen molar-refractivity contribution in [3.05, 3.63) is 65.7 Å². The standard InChI is InChI=1S/C17H18N2OS/c1-3-19(15-7-5-4-6-8-15)17(21)18-16(20)14-11-9-13(2)10-12-14/h4-12H,3H2,1-2H3,(H,18,20,21). The highest BCUT2D eigenvalue weighted by atomic mass is 32.1. The molecule has 0 radical (unpaired) electrons. The van der Waals surface area contributed by atoms with E-state index in [-0.39, 0.29) is 5.91 Å². The number of anilines is 1. The van der Waals surface area contributed by atoms with E-state index in [1.165, 1.54) is 0 Å². The van der Waals surface area contributed by atoms with Gasteiger partial charge in [-0.25, -0.2) is 0 Å². The number of aryl methyl sites for hydroxylation is 1. The molecule has 0 aromatic heterocycles. The van der Waals surface area contributed by atoms with E-state index in [9.17, 15) is 4.79 Å². The van der Waals surface area contributed by atoms with Crippen LogP contribution in [0.2, 0.25) is 0 Å². The van der Waals surface area contributed by atoms with Gasteiger partial charge in [0.05, 0.1) is 0 Å². The first kappa shape index (κ1) is 15.2. The summed E-state index contributed by atoms with van der Waals surface area (Å²) in [5.74, 6) is -0.186. The molecule has 0 heterocycles. The average Bonchev–Trinajstić information content (AvgIpc) is 2.49. The van der Waals surface area contributed by atoms with Crippen LogP contribution in [0.1, 0.15) is 22.8 Å². The van der Waals surface area contributed by atoms with Crippen molar-refractivity contribution in [3.8, 4) is 0 Å². The molecule has 0 bridgehead atoms. The van der Waals surface area contributed by atoms with Crippen LogP contribution in [-0.2, 0) is 0 Å². The summed E-state index contributed by atoms with van der Waals surface area (Å²) in [6.45, 7) is 4.68. The number of hydrogen-bond donors (Lipinski definition) is 1. The topological polar surface area (TPSA) is 32.3 Å². The first-order valence-electron chi connectivity index (χ1n) is 6.86. The molecule has 21 heavy (non-hydrogen) atoms. The largest absolute Gasteiger partial charge is 0.319 e. The Labute approximate surface area is 130 Å². The van der Waals surface area contributed by atoms with Gasteiger partial charge >= 0.3 is 0 Å². The van der Waals surface area contributed by atoms with Gasteiger partial charge in [0.2, 0.25) is 0 Å². The van der Waals surface area contributed by atoms with Crippen molar-refractivity contribution in [1.82, 2.24) is 5.32 Å². The maximum absolute atomic E-state index is 12.2. The molecule has 108 valence electrons. The smallest absolute Gasteiger partial charge is 0.257 e. The van der Waals surface area contributed by atoms with Crippen molar-refractivity contribution < 1.29 is 4.79 Å². The number of hydrogen-bond acceptors (Lipinski definition) is 2. The van der Waals surface area contributed by atoms with Gasteiger partial charge in [0.1, 0.15) is 0 Å². The lowest BCUT2D eigenvalue weighted by atomic mass is 10.1. The van der Waals surface area contributed by atoms with Gasteiger partial charge in [0.15, 0.2) is 5.11 Å². The number of carbonyl (C=O) groups excluding carboxylic acids is 1. The first-order chi connectivity index (χ1) is 10.1. The predicted molar refractivity (Wildman–Crippen MR) is 90.7 cm³/mol. The van der Waals surface area contributed by atoms with Crippen molar-refractivity contribution in [3.63, 3.8) is 0 Å². The van der Waals surface area contributed by atoms with Crippen molar-refractivity contribution >= 4 is 28.9 Å². The molecule has 0 aliphatic heterocycles. The summed E-state index contributed by atoms with van der Waals surface area (Å²) in [6.07, 6.45) is 0. The van der Waals surface area contributed by atoms with Gasteiger partial charge in [-0.15, -0.1) is 0 Å². The maximum Gasteiger partial charge on any atom is 0.257 e. The molecule has 2 aromatic carbocycles. The van der Waals surface area contributed by atoms with Crippen LogP contribution < -0.4 is 10.2 Å². The van der Waals surface area contributed by atoms with Gasteiger partial charge in [-0.3, -0.25) is 10.1 Å². The SMILES string of the molecule is CCN(C(=S)NC(=O)c1ccc(C)cc1)c1ccccc1. The molecule has 0 saturated carbocycles. The molecule has 0 unspecified atom stereocenters. The van der Waals surface area contributed by atoms with E-state index in [1.807, 2.05) is 61.2 Å². The van der Waals surface area contributed by atoms with Crippen LogP contribution in [0, 0.1) is 6.92 Å². The van der Waals surface area contributed by atoms with Crippen molar-refractivity contribution in [2.24, 2.45) is 0 Å². The minimum Gasteiger partial charge on any atom is -0.319 e. The number of benzene rings is 2. The average molecular weight is 298 g/mol. The third-order valence-electron chi connectivity index (χ3n) is 3.16. The quantitative estimate of drug-likeness (QED) is 0.880. The van der Waals surface area contributed by atoms with Gasteiger partial charge in [-0.05, 0) is 50.3 Å². The van der Waals surface area contributed by atoms with Crippen LogP contribution in [0.25, 0.3) is 0 Å². The second kappa shape index (κ2) is 6.99. The fourth-order valence-corrected chi connectivity index (χ4v) is 2.32. The summed E-state index contributed by atoms with van der Waals surface area (Å²) < 4.78 is 0. The van der Waals surface area contributed by atoms with Crippen LogP contribution in [0.15, 0.2) is 54.6 Å². The monoisotopic (exact) mass is 298 g/mol. The van der Waals surface area contributed by atoms with E-state index in [2.05, 4.69) is 5.32 Å². The summed E-state index contributed by atoms with van der Waals surface area (Å²) in [5.41, 5.74) is 2.69. The molecule has 3 nitrogen and oxygen atoms in total. The third kappa shape index (κ3) is 3.89. The minimum atomic E-state index is -0.186. The second-order valence-corrected chi connectivity index (χ2v) is 5.09. The Bertz CT molecular complexity index is 623. The van der Waals surface area contributed by atoms with E-state index in [1.54, 1.807) is 12.1 Å². The van der Waals surface area contributed by atoms with Crippen LogP contribution in [0.5, 0.6) is 0 Å². The number of nitrogens with zero attached hydrogens (tertiary/aromatic N) is 1. The van der Waals surface area contributed by atoms with E-state index in [4.69, 9.17) is 12.2 Å². The van der Waals surface area contributed by atoms with E-state index < -0.39 is 0 Å². The summed E-state index contributed by atoms with van der Waals surface area (Å²) in [4.78, 5) is 14.1. The zero-order chi connectivity index (χ0) is 15.2. The molecular formula is C17H18N2OS. The molecule has 0 aliphatic rings. The molecule has 1 N–H and O–H groups in total. The van der Waals surface area contributed by atoms with E-state index in [0.717, 1.165) is 11.3 Å². The molecule has 0 fully saturated rings. The van der Waals surface area contributed by atoms with Gasteiger partial charge in [0, 0.05) is 17.8 Å². The summed E-state index contributed by atoms with van der Waals surface area (Å²) >= 11 is 5.35. The maximum atomic E-state index is 12.2. The predicted octanol–water partition coefficient (Wildman–Crippen LogP) is 3.54. The highest BCUT2D eigenvalue weighted by molar-refractivity contribution is 7.80. The molecular weight excluding hydrogens is 280 g/mol. The molecule has 4 heteroatoms. The summed E-state index contributed by atoms with van der Waals surface area (Å²) in [5, 5.41) is 3.19. The molecule has 0 spiro atoms. The van der Waals surface area contributed by atoms with Gasteiger partial charge in [-0.2, -0.15) is 0 Å². The van der Waals surface area contributed by atoms with Crippen molar-refractivity contribution in [1.29, 1.82) is 0 Å². The number of thiocarbonyl (C=S) groups is 1. The Morgan fingerprint density at radius 1 is 1.10 bits per heavy atom. The lowest BCUT2D eigenvalue weighted by Crippen LogP contribution is -2.42. The lowest BCUT2D eigenvalue weighted by molar-refractivity contribution is 0.0977. The molecule has 2 aromatic rings. The van der Waals surface area contributed by atoms with E-state index in [0.29, 0.717) is 17.2 Å². The zero-order valence-electron chi connectivity index (χ0n) is 12.2. The van der Waals surface area contributed by atoms with Crippen molar-refractivity contribution in [2.75, 3.05) is 11.4 Å². The van der Waals surface area contributed by atoms with Crippen LogP contribution in [0.3, 0.4) is 0 Å². The van der Waals surface area contributed by atoms with E-state index >= 15 is 0 Å². The number of rotatable bonds is 3. The zero-order valence-corrected chi connectivity index (χ0v) is 13.0. The first-order valence-corrected chi connectivity index (χ1v) is 7.27. The number of nitrogens with one attached hydrogen (secondary N) is 1. The Morgan fingerprint density at radius 2 is 1.71 bits per heavy atom. The molecule has 0 atom stereocenters. The van der Waals surface area contributed by atoms with Gasteiger partial charge in [-0.1, -0.05) is 35.9 Å². The highest BCUT2D eigenvalue weighted by Crippen LogP contribution is 2.13. The minimum absolute atomic E-state index is 0.186. The van der Waals surface area contributed by atoms with Crippen LogP contribution in [0.4, 0.5) is 5.69 Å². The lowest BCUT2D eigenvalue weighted by Gasteiger charge is -2.23.